The van der Waals surface area contributed by atoms with Crippen LogP contribution in [-0.4, -0.2) is 29.6 Å². The summed E-state index contributed by atoms with van der Waals surface area (Å²) in [6, 6.07) is 5.93. The number of aromatic hydroxyl groups is 1. The fourth-order valence-electron chi connectivity index (χ4n) is 2.92. The Morgan fingerprint density at radius 2 is 2.28 bits per heavy atom. The Bertz CT molecular complexity index is 573. The Hall–Kier alpha value is -1.48. The van der Waals surface area contributed by atoms with Crippen LogP contribution in [0, 0.1) is 0 Å². The summed E-state index contributed by atoms with van der Waals surface area (Å²) in [6.45, 7) is 3.27. The molecule has 0 amide bonds. The summed E-state index contributed by atoms with van der Waals surface area (Å²) in [4.78, 5) is 2.41. The van der Waals surface area contributed by atoms with Crippen LogP contribution in [0.25, 0.3) is 11.0 Å². The van der Waals surface area contributed by atoms with Crippen LogP contribution in [0.4, 0.5) is 0 Å². The molecular formula is C15H19NO2. The zero-order chi connectivity index (χ0) is 12.7. The van der Waals surface area contributed by atoms with Gasteiger partial charge in [0.25, 0.3) is 0 Å². The van der Waals surface area contributed by atoms with Crippen molar-refractivity contribution in [3.8, 4) is 5.75 Å². The second-order valence-electron chi connectivity index (χ2n) is 5.18. The molecule has 0 spiro atoms. The lowest BCUT2D eigenvalue weighted by Crippen LogP contribution is -2.32. The molecular weight excluding hydrogens is 226 g/mol. The molecule has 3 nitrogen and oxygen atoms in total. The molecule has 2 heterocycles. The van der Waals surface area contributed by atoms with E-state index in [1.807, 2.05) is 12.1 Å². The number of phenols is 1. The van der Waals surface area contributed by atoms with Crippen LogP contribution in [0.1, 0.15) is 24.7 Å². The molecule has 0 saturated heterocycles. The maximum Gasteiger partial charge on any atom is 0.134 e. The first-order chi connectivity index (χ1) is 8.69. The van der Waals surface area contributed by atoms with Crippen molar-refractivity contribution >= 4 is 11.0 Å². The maximum absolute atomic E-state index is 9.62. The third kappa shape index (κ3) is 1.79. The van der Waals surface area contributed by atoms with Crippen LogP contribution in [0.2, 0.25) is 0 Å². The van der Waals surface area contributed by atoms with Crippen molar-refractivity contribution in [3.05, 3.63) is 29.5 Å². The number of nitrogens with zero attached hydrogens (tertiary/aromatic N) is 1. The van der Waals surface area contributed by atoms with E-state index >= 15 is 0 Å². The molecule has 1 aromatic carbocycles. The molecule has 2 aromatic rings. The first-order valence-corrected chi connectivity index (χ1v) is 6.62. The molecule has 96 valence electrons. The fraction of sp³-hybridized carbons (Fsp3) is 0.467. The molecule has 1 N–H and O–H groups in total. The molecule has 0 fully saturated rings. The van der Waals surface area contributed by atoms with Gasteiger partial charge in [0.05, 0.1) is 0 Å². The highest BCUT2D eigenvalue weighted by molar-refractivity contribution is 5.83. The maximum atomic E-state index is 9.62. The van der Waals surface area contributed by atoms with E-state index in [2.05, 4.69) is 18.9 Å². The number of phenolic OH excluding ortho intramolecular Hbond substituents is 1. The summed E-state index contributed by atoms with van der Waals surface area (Å²) in [5.41, 5.74) is 2.18. The van der Waals surface area contributed by atoms with Crippen molar-refractivity contribution in [1.29, 1.82) is 0 Å². The molecule has 1 atom stereocenters. The van der Waals surface area contributed by atoms with Gasteiger partial charge in [0.1, 0.15) is 17.1 Å². The van der Waals surface area contributed by atoms with Gasteiger partial charge in [-0.15, -0.1) is 0 Å². The van der Waals surface area contributed by atoms with Gasteiger partial charge in [0, 0.05) is 30.0 Å². The first-order valence-electron chi connectivity index (χ1n) is 6.62. The van der Waals surface area contributed by atoms with E-state index in [4.69, 9.17) is 4.42 Å². The van der Waals surface area contributed by atoms with Crippen LogP contribution in [0.3, 0.4) is 0 Å². The lowest BCUT2D eigenvalue weighted by atomic mass is 10.0. The Morgan fingerprint density at radius 3 is 3.06 bits per heavy atom. The predicted octanol–water partition coefficient (Wildman–Crippen LogP) is 2.95. The number of furan rings is 1. The summed E-state index contributed by atoms with van der Waals surface area (Å²) in [7, 11) is 2.18. The van der Waals surface area contributed by atoms with E-state index in [0.717, 1.165) is 42.5 Å². The van der Waals surface area contributed by atoms with Crippen molar-refractivity contribution in [2.75, 3.05) is 13.6 Å². The first kappa shape index (κ1) is 11.6. The monoisotopic (exact) mass is 245 g/mol. The lowest BCUT2D eigenvalue weighted by Gasteiger charge is -2.23. The predicted molar refractivity (Wildman–Crippen MR) is 72.0 cm³/mol. The van der Waals surface area contributed by atoms with E-state index in [-0.39, 0.29) is 0 Å². The average molecular weight is 245 g/mol. The second kappa shape index (κ2) is 4.32. The van der Waals surface area contributed by atoms with E-state index in [0.29, 0.717) is 11.8 Å². The molecule has 18 heavy (non-hydrogen) atoms. The Labute approximate surface area is 107 Å². The number of likely N-dealkylation sites (N-methyl/N-ethyl adjacent to an activating group) is 1. The molecule has 3 heteroatoms. The molecule has 0 saturated carbocycles. The van der Waals surface area contributed by atoms with Crippen molar-refractivity contribution in [2.24, 2.45) is 0 Å². The van der Waals surface area contributed by atoms with Crippen molar-refractivity contribution in [1.82, 2.24) is 4.90 Å². The molecule has 1 unspecified atom stereocenters. The number of hydrogen-bond acceptors (Lipinski definition) is 3. The number of rotatable bonds is 1. The normalized spacial score (nSPS) is 20.9. The van der Waals surface area contributed by atoms with Crippen LogP contribution in [0.5, 0.6) is 5.75 Å². The van der Waals surface area contributed by atoms with Gasteiger partial charge < -0.3 is 14.4 Å². The zero-order valence-corrected chi connectivity index (χ0v) is 10.9. The van der Waals surface area contributed by atoms with Crippen LogP contribution >= 0.6 is 0 Å². The molecule has 3 rings (SSSR count). The third-order valence-electron chi connectivity index (χ3n) is 4.09. The van der Waals surface area contributed by atoms with Gasteiger partial charge in [-0.1, -0.05) is 6.92 Å². The smallest absolute Gasteiger partial charge is 0.134 e. The largest absolute Gasteiger partial charge is 0.508 e. The molecule has 0 bridgehead atoms. The number of benzene rings is 1. The highest BCUT2D eigenvalue weighted by Crippen LogP contribution is 2.32. The minimum Gasteiger partial charge on any atom is -0.508 e. The average Bonchev–Trinajstić information content (AvgIpc) is 2.61. The van der Waals surface area contributed by atoms with Gasteiger partial charge in [-0.2, -0.15) is 0 Å². The van der Waals surface area contributed by atoms with Gasteiger partial charge >= 0.3 is 0 Å². The topological polar surface area (TPSA) is 36.6 Å². The molecule has 1 aliphatic heterocycles. The minimum atomic E-state index is 0.316. The summed E-state index contributed by atoms with van der Waals surface area (Å²) < 4.78 is 5.97. The summed E-state index contributed by atoms with van der Waals surface area (Å²) in [5, 5.41) is 10.7. The quantitative estimate of drug-likeness (QED) is 0.839. The Morgan fingerprint density at radius 1 is 1.44 bits per heavy atom. The molecule has 1 aliphatic rings. The second-order valence-corrected chi connectivity index (χ2v) is 5.18. The minimum absolute atomic E-state index is 0.316. The zero-order valence-electron chi connectivity index (χ0n) is 10.9. The summed E-state index contributed by atoms with van der Waals surface area (Å²) in [6.07, 6.45) is 3.11. The molecule has 1 aromatic heterocycles. The van der Waals surface area contributed by atoms with Gasteiger partial charge in [0.2, 0.25) is 0 Å². The van der Waals surface area contributed by atoms with E-state index in [9.17, 15) is 5.11 Å². The van der Waals surface area contributed by atoms with Crippen LogP contribution in [-0.2, 0) is 12.8 Å². The lowest BCUT2D eigenvalue weighted by molar-refractivity contribution is 0.239. The highest BCUT2D eigenvalue weighted by atomic mass is 16.3. The SMILES string of the molecule is CCC1Cc2oc3ccc(O)cc3c2CCN1C. The summed E-state index contributed by atoms with van der Waals surface area (Å²) >= 11 is 0. The summed E-state index contributed by atoms with van der Waals surface area (Å²) in [5.74, 6) is 1.42. The van der Waals surface area contributed by atoms with E-state index in [1.165, 1.54) is 5.56 Å². The number of hydrogen-bond donors (Lipinski definition) is 1. The Kier molecular flexibility index (Phi) is 2.78. The van der Waals surface area contributed by atoms with E-state index < -0.39 is 0 Å². The third-order valence-corrected chi connectivity index (χ3v) is 4.09. The fourth-order valence-corrected chi connectivity index (χ4v) is 2.92. The van der Waals surface area contributed by atoms with Gasteiger partial charge in [-0.05, 0) is 38.1 Å². The van der Waals surface area contributed by atoms with Crippen LogP contribution < -0.4 is 0 Å². The van der Waals surface area contributed by atoms with Crippen molar-refractivity contribution < 1.29 is 9.52 Å². The van der Waals surface area contributed by atoms with Crippen molar-refractivity contribution in [3.63, 3.8) is 0 Å². The standard InChI is InChI=1S/C15H19NO2/c1-3-10-8-15-12(6-7-16(10)2)13-9-11(17)4-5-14(13)18-15/h4-5,9-10,17H,3,6-8H2,1-2H3. The van der Waals surface area contributed by atoms with E-state index in [1.54, 1.807) is 6.07 Å². The number of fused-ring (bicyclic) bond motifs is 3. The molecule has 0 aliphatic carbocycles. The van der Waals surface area contributed by atoms with Crippen molar-refractivity contribution in [2.45, 2.75) is 32.2 Å². The Balaban J connectivity index is 2.10. The van der Waals surface area contributed by atoms with Gasteiger partial charge in [0.15, 0.2) is 0 Å². The van der Waals surface area contributed by atoms with Gasteiger partial charge in [-0.3, -0.25) is 0 Å². The van der Waals surface area contributed by atoms with Crippen LogP contribution in [0.15, 0.2) is 22.6 Å². The molecule has 0 radical (unpaired) electrons. The van der Waals surface area contributed by atoms with Gasteiger partial charge in [-0.25, -0.2) is 0 Å². The highest BCUT2D eigenvalue weighted by Gasteiger charge is 2.24.